The lowest BCUT2D eigenvalue weighted by molar-refractivity contribution is -0.135. The molecule has 1 aliphatic heterocycles. The summed E-state index contributed by atoms with van der Waals surface area (Å²) in [7, 11) is 0. The molecule has 1 aromatic heterocycles. The molecule has 1 N–H and O–H groups in total. The molecule has 2 unspecified atom stereocenters. The van der Waals surface area contributed by atoms with Crippen molar-refractivity contribution in [1.82, 2.24) is 9.88 Å². The normalized spacial score (nSPS) is 21.0. The Kier molecular flexibility index (Phi) is 5.21. The van der Waals surface area contributed by atoms with Crippen molar-refractivity contribution < 1.29 is 14.3 Å². The van der Waals surface area contributed by atoms with Gasteiger partial charge in [-0.05, 0) is 49.9 Å². The minimum Gasteiger partial charge on any atom is -0.444 e. The first kappa shape index (κ1) is 17.0. The first-order valence-corrected chi connectivity index (χ1v) is 8.55. The Bertz CT molecular complexity index is 699. The van der Waals surface area contributed by atoms with Crippen molar-refractivity contribution in [1.29, 1.82) is 0 Å². The lowest BCUT2D eigenvalue weighted by atomic mass is 9.94. The number of hydrogen-bond acceptors (Lipinski definition) is 4. The van der Waals surface area contributed by atoms with Crippen LogP contribution in [0.25, 0.3) is 11.5 Å². The van der Waals surface area contributed by atoms with E-state index >= 15 is 0 Å². The highest BCUT2D eigenvalue weighted by Gasteiger charge is 2.29. The predicted molar refractivity (Wildman–Crippen MR) is 91.6 cm³/mol. The molecule has 2 aromatic rings. The van der Waals surface area contributed by atoms with Gasteiger partial charge in [-0.15, -0.1) is 0 Å². The van der Waals surface area contributed by atoms with Gasteiger partial charge in [0.1, 0.15) is 6.26 Å². The molecule has 0 bridgehead atoms. The summed E-state index contributed by atoms with van der Waals surface area (Å²) in [5.41, 5.74) is 1.44. The molecular weight excluding hydrogens is 328 g/mol. The number of amides is 1. The number of likely N-dealkylation sites (tertiary alicyclic amines) is 1. The van der Waals surface area contributed by atoms with Crippen LogP contribution in [-0.4, -0.2) is 40.1 Å². The highest BCUT2D eigenvalue weighted by atomic mass is 35.5. The molecule has 0 saturated carbocycles. The van der Waals surface area contributed by atoms with Crippen LogP contribution in [-0.2, 0) is 11.2 Å². The van der Waals surface area contributed by atoms with Gasteiger partial charge in [-0.2, -0.15) is 0 Å². The molecule has 1 saturated heterocycles. The summed E-state index contributed by atoms with van der Waals surface area (Å²) in [5.74, 6) is 0.679. The van der Waals surface area contributed by atoms with E-state index in [4.69, 9.17) is 16.0 Å². The Morgan fingerprint density at radius 3 is 2.83 bits per heavy atom. The minimum absolute atomic E-state index is 0.0246. The zero-order valence-electron chi connectivity index (χ0n) is 13.6. The third-order valence-electron chi connectivity index (χ3n) is 4.53. The largest absolute Gasteiger partial charge is 0.444 e. The monoisotopic (exact) mass is 348 g/mol. The van der Waals surface area contributed by atoms with Crippen LogP contribution in [0, 0.1) is 5.92 Å². The van der Waals surface area contributed by atoms with E-state index in [0.29, 0.717) is 23.2 Å². The number of hydrogen-bond donors (Lipinski definition) is 1. The van der Waals surface area contributed by atoms with E-state index in [1.807, 2.05) is 24.0 Å². The lowest BCUT2D eigenvalue weighted by Crippen LogP contribution is -2.47. The highest BCUT2D eigenvalue weighted by Crippen LogP contribution is 2.24. The maximum atomic E-state index is 12.6. The van der Waals surface area contributed by atoms with E-state index < -0.39 is 0 Å². The zero-order chi connectivity index (χ0) is 17.1. The fourth-order valence-electron chi connectivity index (χ4n) is 3.05. The first-order chi connectivity index (χ1) is 11.6. The molecule has 128 valence electrons. The molecule has 24 heavy (non-hydrogen) atoms. The van der Waals surface area contributed by atoms with E-state index in [9.17, 15) is 9.90 Å². The molecule has 5 nitrogen and oxygen atoms in total. The van der Waals surface area contributed by atoms with Gasteiger partial charge in [-0.1, -0.05) is 11.6 Å². The Balaban J connectivity index is 1.67. The van der Waals surface area contributed by atoms with Gasteiger partial charge < -0.3 is 14.4 Å². The molecule has 1 aromatic carbocycles. The van der Waals surface area contributed by atoms with Gasteiger partial charge >= 0.3 is 0 Å². The van der Waals surface area contributed by atoms with Gasteiger partial charge in [0.25, 0.3) is 0 Å². The SMILES string of the molecule is CC1CCC(CO)CN1C(=O)Cc1coc(-c2ccc(Cl)cc2)n1. The number of benzene rings is 1. The number of carbonyl (C=O) groups is 1. The number of carbonyl (C=O) groups excluding carboxylic acids is 1. The molecule has 0 aliphatic carbocycles. The van der Waals surface area contributed by atoms with Gasteiger partial charge in [-0.25, -0.2) is 4.98 Å². The van der Waals surface area contributed by atoms with Gasteiger partial charge in [0.05, 0.1) is 12.1 Å². The highest BCUT2D eigenvalue weighted by molar-refractivity contribution is 6.30. The number of aliphatic hydroxyl groups is 1. The van der Waals surface area contributed by atoms with Gasteiger partial charge in [-0.3, -0.25) is 4.79 Å². The van der Waals surface area contributed by atoms with E-state index in [0.717, 1.165) is 18.4 Å². The van der Waals surface area contributed by atoms with Crippen LogP contribution in [0.1, 0.15) is 25.5 Å². The fourth-order valence-corrected chi connectivity index (χ4v) is 3.17. The number of halogens is 1. The maximum absolute atomic E-state index is 12.6. The summed E-state index contributed by atoms with van der Waals surface area (Å²) >= 11 is 5.88. The Morgan fingerprint density at radius 1 is 1.38 bits per heavy atom. The van der Waals surface area contributed by atoms with E-state index in [-0.39, 0.29) is 30.9 Å². The lowest BCUT2D eigenvalue weighted by Gasteiger charge is -2.37. The molecule has 2 heterocycles. The van der Waals surface area contributed by atoms with Gasteiger partial charge in [0.15, 0.2) is 0 Å². The topological polar surface area (TPSA) is 66.6 Å². The van der Waals surface area contributed by atoms with E-state index in [1.54, 1.807) is 12.1 Å². The summed E-state index contributed by atoms with van der Waals surface area (Å²) in [6, 6.07) is 7.41. The second-order valence-electron chi connectivity index (χ2n) is 6.35. The molecule has 0 radical (unpaired) electrons. The molecule has 3 rings (SSSR count). The number of aromatic nitrogens is 1. The van der Waals surface area contributed by atoms with Crippen molar-refractivity contribution in [3.63, 3.8) is 0 Å². The molecular formula is C18H21ClN2O3. The molecule has 1 aliphatic rings. The Labute approximate surface area is 146 Å². The standard InChI is InChI=1S/C18H21ClN2O3/c1-12-2-3-13(10-22)9-21(12)17(23)8-16-11-24-18(20-16)14-4-6-15(19)7-5-14/h4-7,11-13,22H,2-3,8-10H2,1H3. The van der Waals surface area contributed by atoms with Crippen molar-refractivity contribution in [2.24, 2.45) is 5.92 Å². The summed E-state index contributed by atoms with van der Waals surface area (Å²) in [6.45, 7) is 2.78. The Hall–Kier alpha value is -1.85. The second-order valence-corrected chi connectivity index (χ2v) is 6.79. The number of rotatable bonds is 4. The van der Waals surface area contributed by atoms with Gasteiger partial charge in [0.2, 0.25) is 11.8 Å². The second kappa shape index (κ2) is 7.36. The summed E-state index contributed by atoms with van der Waals surface area (Å²) in [6.07, 6.45) is 3.62. The molecule has 2 atom stereocenters. The third kappa shape index (κ3) is 3.79. The average molecular weight is 349 g/mol. The number of aliphatic hydroxyl groups excluding tert-OH is 1. The molecule has 0 spiro atoms. The predicted octanol–water partition coefficient (Wildman–Crippen LogP) is 3.16. The van der Waals surface area contributed by atoms with Crippen molar-refractivity contribution in [3.8, 4) is 11.5 Å². The average Bonchev–Trinajstić information content (AvgIpc) is 3.04. The van der Waals surface area contributed by atoms with Crippen LogP contribution in [0.4, 0.5) is 0 Å². The summed E-state index contributed by atoms with van der Waals surface area (Å²) in [4.78, 5) is 18.8. The fraction of sp³-hybridized carbons (Fsp3) is 0.444. The summed E-state index contributed by atoms with van der Waals surface area (Å²) in [5, 5.41) is 9.99. The number of nitrogens with zero attached hydrogens (tertiary/aromatic N) is 2. The van der Waals surface area contributed by atoms with Crippen LogP contribution in [0.2, 0.25) is 5.02 Å². The van der Waals surface area contributed by atoms with Gasteiger partial charge in [0, 0.05) is 29.8 Å². The summed E-state index contributed by atoms with van der Waals surface area (Å²) < 4.78 is 5.48. The van der Waals surface area contributed by atoms with Crippen LogP contribution < -0.4 is 0 Å². The molecule has 6 heteroatoms. The quantitative estimate of drug-likeness (QED) is 0.921. The van der Waals surface area contributed by atoms with Crippen LogP contribution in [0.3, 0.4) is 0 Å². The van der Waals surface area contributed by atoms with E-state index in [1.165, 1.54) is 6.26 Å². The van der Waals surface area contributed by atoms with Crippen LogP contribution in [0.5, 0.6) is 0 Å². The van der Waals surface area contributed by atoms with Crippen LogP contribution >= 0.6 is 11.6 Å². The molecule has 1 fully saturated rings. The number of piperidine rings is 1. The maximum Gasteiger partial charge on any atom is 0.228 e. The third-order valence-corrected chi connectivity index (χ3v) is 4.79. The Morgan fingerprint density at radius 2 is 2.12 bits per heavy atom. The smallest absolute Gasteiger partial charge is 0.228 e. The zero-order valence-corrected chi connectivity index (χ0v) is 14.4. The van der Waals surface area contributed by atoms with Crippen LogP contribution in [0.15, 0.2) is 34.9 Å². The number of oxazole rings is 1. The minimum atomic E-state index is 0.0246. The van der Waals surface area contributed by atoms with Crippen molar-refractivity contribution in [2.45, 2.75) is 32.2 Å². The van der Waals surface area contributed by atoms with Crippen molar-refractivity contribution in [3.05, 3.63) is 41.2 Å². The van der Waals surface area contributed by atoms with Crippen molar-refractivity contribution >= 4 is 17.5 Å². The van der Waals surface area contributed by atoms with Crippen molar-refractivity contribution in [2.75, 3.05) is 13.2 Å². The van der Waals surface area contributed by atoms with E-state index in [2.05, 4.69) is 4.98 Å². The molecule has 1 amide bonds. The first-order valence-electron chi connectivity index (χ1n) is 8.17.